The van der Waals surface area contributed by atoms with Gasteiger partial charge in [0.15, 0.2) is 0 Å². The summed E-state index contributed by atoms with van der Waals surface area (Å²) in [6.45, 7) is 0. The highest BCUT2D eigenvalue weighted by atomic mass is 15.0. The number of aromatic nitrogens is 1. The summed E-state index contributed by atoms with van der Waals surface area (Å²) < 4.78 is 2.50. The van der Waals surface area contributed by atoms with Crippen molar-refractivity contribution >= 4 is 21.8 Å². The van der Waals surface area contributed by atoms with Gasteiger partial charge in [-0.3, -0.25) is 0 Å². The maximum absolute atomic E-state index is 2.52. The summed E-state index contributed by atoms with van der Waals surface area (Å²) in [5, 5.41) is 2.64. The third kappa shape index (κ3) is 3.21. The lowest BCUT2D eigenvalue weighted by Crippen LogP contribution is -2.01. The molecule has 40 heavy (non-hydrogen) atoms. The number of benzene rings is 6. The van der Waals surface area contributed by atoms with Gasteiger partial charge in [-0.1, -0.05) is 103 Å². The van der Waals surface area contributed by atoms with Crippen LogP contribution in [0.5, 0.6) is 0 Å². The van der Waals surface area contributed by atoms with E-state index in [0.717, 1.165) is 0 Å². The Hall–Kier alpha value is -4.88. The van der Waals surface area contributed by atoms with E-state index in [0.29, 0.717) is 11.8 Å². The standard InChI is InChI=1S/C39H27N/c1-3-11-25(12-4-1)27-19-28(26-13-5-2-6-14-26)21-29(20-27)40-38-18-10-9-17-32(38)37-23-34-31-16-8-7-15-30(31)33-22-35(33)36(34)24-39(37)40/h1-21,23-24,33,35H,22H2. The monoisotopic (exact) mass is 509 g/mol. The van der Waals surface area contributed by atoms with Gasteiger partial charge in [-0.25, -0.2) is 0 Å². The second-order valence-electron chi connectivity index (χ2n) is 11.3. The van der Waals surface area contributed by atoms with Crippen LogP contribution in [-0.4, -0.2) is 4.57 Å². The molecular formula is C39H27N. The first-order chi connectivity index (χ1) is 19.8. The predicted octanol–water partition coefficient (Wildman–Crippen LogP) is 10.4. The third-order valence-corrected chi connectivity index (χ3v) is 9.07. The van der Waals surface area contributed by atoms with E-state index in [9.17, 15) is 0 Å². The molecule has 0 spiro atoms. The summed E-state index contributed by atoms with van der Waals surface area (Å²) in [7, 11) is 0. The lowest BCUT2D eigenvalue weighted by Gasteiger charge is -2.20. The van der Waals surface area contributed by atoms with Gasteiger partial charge in [0.1, 0.15) is 0 Å². The van der Waals surface area contributed by atoms with Gasteiger partial charge in [0.05, 0.1) is 11.0 Å². The Morgan fingerprint density at radius 1 is 0.425 bits per heavy atom. The Balaban J connectivity index is 1.36. The molecule has 0 aliphatic heterocycles. The Labute approximate surface area is 234 Å². The molecule has 2 atom stereocenters. The van der Waals surface area contributed by atoms with Crippen LogP contribution in [0.3, 0.4) is 0 Å². The average molecular weight is 510 g/mol. The zero-order valence-electron chi connectivity index (χ0n) is 22.1. The predicted molar refractivity (Wildman–Crippen MR) is 167 cm³/mol. The van der Waals surface area contributed by atoms with Crippen molar-refractivity contribution in [2.24, 2.45) is 0 Å². The molecule has 0 saturated heterocycles. The molecule has 2 aliphatic carbocycles. The zero-order valence-corrected chi connectivity index (χ0v) is 22.1. The summed E-state index contributed by atoms with van der Waals surface area (Å²) in [5.74, 6) is 1.31. The summed E-state index contributed by atoms with van der Waals surface area (Å²) >= 11 is 0. The van der Waals surface area contributed by atoms with Crippen LogP contribution < -0.4 is 0 Å². The first-order valence-electron chi connectivity index (χ1n) is 14.3. The average Bonchev–Trinajstić information content (AvgIpc) is 3.78. The highest BCUT2D eigenvalue weighted by molar-refractivity contribution is 6.11. The van der Waals surface area contributed by atoms with Crippen molar-refractivity contribution in [1.29, 1.82) is 0 Å². The number of rotatable bonds is 3. The van der Waals surface area contributed by atoms with Crippen LogP contribution in [0.1, 0.15) is 29.4 Å². The van der Waals surface area contributed by atoms with Crippen molar-refractivity contribution in [3.05, 3.63) is 151 Å². The Kier molecular flexibility index (Phi) is 4.57. The maximum Gasteiger partial charge on any atom is 0.0544 e. The number of hydrogen-bond donors (Lipinski definition) is 0. The van der Waals surface area contributed by atoms with Crippen molar-refractivity contribution in [1.82, 2.24) is 4.57 Å². The van der Waals surface area contributed by atoms with E-state index in [4.69, 9.17) is 0 Å². The SMILES string of the molecule is c1ccc(-c2cc(-c3ccccc3)cc(-n3c4ccccc4c4cc5c(cc43)C3CC3c3ccccc3-5)c2)cc1. The van der Waals surface area contributed by atoms with Crippen LogP contribution in [0, 0.1) is 0 Å². The van der Waals surface area contributed by atoms with Crippen molar-refractivity contribution in [2.75, 3.05) is 0 Å². The van der Waals surface area contributed by atoms with Crippen LogP contribution >= 0.6 is 0 Å². The lowest BCUT2D eigenvalue weighted by molar-refractivity contribution is 1.01. The van der Waals surface area contributed by atoms with Gasteiger partial charge in [0, 0.05) is 16.5 Å². The van der Waals surface area contributed by atoms with E-state index in [1.165, 1.54) is 78.4 Å². The molecule has 1 saturated carbocycles. The molecule has 2 aliphatic rings. The third-order valence-electron chi connectivity index (χ3n) is 9.07. The molecule has 188 valence electrons. The van der Waals surface area contributed by atoms with E-state index >= 15 is 0 Å². The van der Waals surface area contributed by atoms with E-state index in [1.807, 2.05) is 0 Å². The summed E-state index contributed by atoms with van der Waals surface area (Å²) in [4.78, 5) is 0. The highest BCUT2D eigenvalue weighted by Gasteiger charge is 2.45. The fourth-order valence-corrected chi connectivity index (χ4v) is 7.13. The van der Waals surface area contributed by atoms with Gasteiger partial charge in [-0.05, 0) is 99.2 Å². The molecule has 0 amide bonds. The highest BCUT2D eigenvalue weighted by Crippen LogP contribution is 2.62. The molecule has 1 heteroatoms. The maximum atomic E-state index is 2.52. The van der Waals surface area contributed by atoms with E-state index in [2.05, 4.69) is 144 Å². The Morgan fingerprint density at radius 3 is 1.80 bits per heavy atom. The number of fused-ring (bicyclic) bond motifs is 9. The smallest absolute Gasteiger partial charge is 0.0544 e. The molecule has 9 rings (SSSR count). The molecule has 7 aromatic rings. The lowest BCUT2D eigenvalue weighted by atomic mass is 9.85. The topological polar surface area (TPSA) is 4.93 Å². The first-order valence-corrected chi connectivity index (χ1v) is 14.3. The fraction of sp³-hybridized carbons (Fsp3) is 0.0769. The van der Waals surface area contributed by atoms with Gasteiger partial charge < -0.3 is 4.57 Å². The second-order valence-corrected chi connectivity index (χ2v) is 11.3. The molecule has 1 aromatic heterocycles. The van der Waals surface area contributed by atoms with Gasteiger partial charge in [-0.2, -0.15) is 0 Å². The largest absolute Gasteiger partial charge is 0.309 e. The minimum atomic E-state index is 0.635. The van der Waals surface area contributed by atoms with Gasteiger partial charge in [0.2, 0.25) is 0 Å². The van der Waals surface area contributed by atoms with Crippen molar-refractivity contribution in [3.8, 4) is 39.1 Å². The molecule has 2 unspecified atom stereocenters. The van der Waals surface area contributed by atoms with Crippen molar-refractivity contribution in [2.45, 2.75) is 18.3 Å². The normalized spacial score (nSPS) is 16.9. The molecule has 1 nitrogen and oxygen atoms in total. The van der Waals surface area contributed by atoms with E-state index in [1.54, 1.807) is 0 Å². The number of hydrogen-bond acceptors (Lipinski definition) is 0. The molecule has 0 bridgehead atoms. The minimum absolute atomic E-state index is 0.635. The summed E-state index contributed by atoms with van der Waals surface area (Å²) in [5.41, 5.74) is 14.6. The summed E-state index contributed by atoms with van der Waals surface area (Å²) in [6, 6.07) is 51.5. The Bertz CT molecular complexity index is 2020. The zero-order chi connectivity index (χ0) is 26.2. The summed E-state index contributed by atoms with van der Waals surface area (Å²) in [6.07, 6.45) is 1.26. The molecule has 0 radical (unpaired) electrons. The van der Waals surface area contributed by atoms with Crippen LogP contribution in [0.15, 0.2) is 140 Å². The number of nitrogens with zero attached hydrogens (tertiary/aromatic N) is 1. The van der Waals surface area contributed by atoms with Crippen LogP contribution in [0.25, 0.3) is 60.9 Å². The van der Waals surface area contributed by atoms with Gasteiger partial charge in [0.25, 0.3) is 0 Å². The first kappa shape index (κ1) is 22.0. The van der Waals surface area contributed by atoms with Crippen LogP contribution in [0.2, 0.25) is 0 Å². The van der Waals surface area contributed by atoms with Crippen LogP contribution in [-0.2, 0) is 0 Å². The quantitative estimate of drug-likeness (QED) is 0.223. The van der Waals surface area contributed by atoms with Gasteiger partial charge in [-0.15, -0.1) is 0 Å². The second kappa shape index (κ2) is 8.31. The molecule has 1 fully saturated rings. The Morgan fingerprint density at radius 2 is 1.05 bits per heavy atom. The van der Waals surface area contributed by atoms with E-state index in [-0.39, 0.29) is 0 Å². The minimum Gasteiger partial charge on any atom is -0.309 e. The van der Waals surface area contributed by atoms with Crippen LogP contribution in [0.4, 0.5) is 0 Å². The van der Waals surface area contributed by atoms with Crippen molar-refractivity contribution < 1.29 is 0 Å². The molecule has 6 aromatic carbocycles. The molecule has 0 N–H and O–H groups in total. The van der Waals surface area contributed by atoms with E-state index < -0.39 is 0 Å². The molecule has 1 heterocycles. The van der Waals surface area contributed by atoms with Crippen molar-refractivity contribution in [3.63, 3.8) is 0 Å². The number of para-hydroxylation sites is 1. The molecular weight excluding hydrogens is 482 g/mol. The fourth-order valence-electron chi connectivity index (χ4n) is 7.13. The van der Waals surface area contributed by atoms with Gasteiger partial charge >= 0.3 is 0 Å².